The second-order valence-corrected chi connectivity index (χ2v) is 8.32. The second kappa shape index (κ2) is 7.73. The van der Waals surface area contributed by atoms with Crippen molar-refractivity contribution in [2.45, 2.75) is 45.2 Å². The Labute approximate surface area is 162 Å². The summed E-state index contributed by atoms with van der Waals surface area (Å²) in [4.78, 5) is 2.69. The fourth-order valence-corrected chi connectivity index (χ4v) is 4.64. The number of hydrogen-bond acceptors (Lipinski definition) is 3. The molecule has 3 fully saturated rings. The summed E-state index contributed by atoms with van der Waals surface area (Å²) in [5.74, 6) is 0.809. The van der Waals surface area contributed by atoms with Crippen LogP contribution in [0.25, 0.3) is 10.9 Å². The maximum Gasteiger partial charge on any atom is 0.0651 e. The van der Waals surface area contributed by atoms with Crippen LogP contribution in [0.15, 0.2) is 60.3 Å². The van der Waals surface area contributed by atoms with E-state index in [9.17, 15) is 0 Å². The number of rotatable bonds is 6. The Morgan fingerprint density at radius 2 is 2.26 bits per heavy atom. The van der Waals surface area contributed by atoms with Crippen LogP contribution < -0.4 is 5.32 Å². The van der Waals surface area contributed by atoms with Crippen molar-refractivity contribution in [3.63, 3.8) is 0 Å². The van der Waals surface area contributed by atoms with Crippen LogP contribution in [0, 0.1) is 5.92 Å². The van der Waals surface area contributed by atoms with Gasteiger partial charge in [-0.1, -0.05) is 36.0 Å². The van der Waals surface area contributed by atoms with Gasteiger partial charge >= 0.3 is 0 Å². The van der Waals surface area contributed by atoms with E-state index in [1.54, 1.807) is 0 Å². The molecule has 3 atom stereocenters. The maximum atomic E-state index is 4.13. The largest absolute Gasteiger partial charge is 0.381 e. The average molecular weight is 363 g/mol. The molecule has 4 nitrogen and oxygen atoms in total. The van der Waals surface area contributed by atoms with Crippen LogP contribution in [0.3, 0.4) is 0 Å². The number of aromatic amines is 1. The predicted octanol–water partition coefficient (Wildman–Crippen LogP) is 4.91. The number of nitrogens with zero attached hydrogens (tertiary/aromatic N) is 2. The Morgan fingerprint density at radius 1 is 1.37 bits per heavy atom. The molecule has 0 radical (unpaired) electrons. The number of piperidine rings is 2. The summed E-state index contributed by atoms with van der Waals surface area (Å²) in [7, 11) is 0. The molecule has 2 aromatic rings. The Hall–Kier alpha value is -2.33. The Kier molecular flexibility index (Phi) is 5.17. The highest BCUT2D eigenvalue weighted by atomic mass is 15.2. The van der Waals surface area contributed by atoms with Crippen molar-refractivity contribution in [3.05, 3.63) is 60.3 Å². The summed E-state index contributed by atoms with van der Waals surface area (Å²) in [5.41, 5.74) is 4.81. The van der Waals surface area contributed by atoms with E-state index in [4.69, 9.17) is 0 Å². The van der Waals surface area contributed by atoms with E-state index < -0.39 is 0 Å². The molecule has 1 saturated carbocycles. The lowest BCUT2D eigenvalue weighted by molar-refractivity contribution is 0.0463. The van der Waals surface area contributed by atoms with E-state index in [1.807, 2.05) is 13.1 Å². The zero-order valence-electron chi connectivity index (χ0n) is 16.4. The van der Waals surface area contributed by atoms with Gasteiger partial charge < -0.3 is 5.32 Å². The molecule has 0 spiro atoms. The molecule has 3 aliphatic rings. The number of fused-ring (bicyclic) bond motifs is 4. The highest BCUT2D eigenvalue weighted by Gasteiger charge is 2.40. The molecule has 27 heavy (non-hydrogen) atoms. The summed E-state index contributed by atoms with van der Waals surface area (Å²) in [5, 5.41) is 12.2. The third kappa shape index (κ3) is 4.16. The Morgan fingerprint density at radius 3 is 3.07 bits per heavy atom. The van der Waals surface area contributed by atoms with Gasteiger partial charge in [0, 0.05) is 36.2 Å². The van der Waals surface area contributed by atoms with E-state index in [2.05, 4.69) is 70.3 Å². The number of H-pyrrole nitrogens is 1. The predicted molar refractivity (Wildman–Crippen MR) is 114 cm³/mol. The van der Waals surface area contributed by atoms with Gasteiger partial charge in [-0.2, -0.15) is 5.10 Å². The van der Waals surface area contributed by atoms with Gasteiger partial charge in [-0.3, -0.25) is 10.00 Å². The fourth-order valence-electron chi connectivity index (χ4n) is 4.64. The van der Waals surface area contributed by atoms with Crippen molar-refractivity contribution < 1.29 is 0 Å². The minimum Gasteiger partial charge on any atom is -0.381 e. The summed E-state index contributed by atoms with van der Waals surface area (Å²) in [6.07, 6.45) is 12.3. The van der Waals surface area contributed by atoms with Crippen LogP contribution in [-0.4, -0.2) is 40.3 Å². The molecule has 4 heteroatoms. The van der Waals surface area contributed by atoms with Crippen molar-refractivity contribution >= 4 is 16.6 Å². The van der Waals surface area contributed by atoms with Gasteiger partial charge in [0.25, 0.3) is 0 Å². The molecule has 3 unspecified atom stereocenters. The van der Waals surface area contributed by atoms with Crippen molar-refractivity contribution in [2.75, 3.05) is 18.4 Å². The fraction of sp³-hybridized carbons (Fsp3) is 0.435. The van der Waals surface area contributed by atoms with E-state index in [-0.39, 0.29) is 0 Å². The van der Waals surface area contributed by atoms with E-state index in [1.165, 1.54) is 42.5 Å². The Bertz CT molecular complexity index is 875. The van der Waals surface area contributed by atoms with E-state index >= 15 is 0 Å². The van der Waals surface area contributed by atoms with E-state index in [0.29, 0.717) is 12.1 Å². The second-order valence-electron chi connectivity index (χ2n) is 8.32. The SMILES string of the molecule is C=C(C)C=CC=C(C)CN1CC2CCC1C(Nc1ccc3[nH]ncc3c1)C2. The summed E-state index contributed by atoms with van der Waals surface area (Å²) in [6.45, 7) is 10.5. The third-order valence-corrected chi connectivity index (χ3v) is 5.89. The normalized spacial score (nSPS) is 26.1. The summed E-state index contributed by atoms with van der Waals surface area (Å²) < 4.78 is 0. The maximum absolute atomic E-state index is 4.13. The minimum absolute atomic E-state index is 0.528. The summed E-state index contributed by atoms with van der Waals surface area (Å²) >= 11 is 0. The molecule has 2 N–H and O–H groups in total. The first-order valence-electron chi connectivity index (χ1n) is 10.0. The van der Waals surface area contributed by atoms with Gasteiger partial charge in [-0.15, -0.1) is 0 Å². The molecule has 3 heterocycles. The van der Waals surface area contributed by atoms with Gasteiger partial charge in [-0.05, 0) is 57.2 Å². The van der Waals surface area contributed by atoms with Crippen LogP contribution in [-0.2, 0) is 0 Å². The first kappa shape index (κ1) is 18.1. The molecule has 1 aromatic carbocycles. The number of benzene rings is 1. The third-order valence-electron chi connectivity index (χ3n) is 5.89. The number of aromatic nitrogens is 2. The zero-order chi connectivity index (χ0) is 18.8. The lowest BCUT2D eigenvalue weighted by atomic mass is 9.76. The lowest BCUT2D eigenvalue weighted by Crippen LogP contribution is -2.58. The monoisotopic (exact) mass is 362 g/mol. The van der Waals surface area contributed by atoms with Crippen molar-refractivity contribution in [1.29, 1.82) is 0 Å². The molecular formula is C23H30N4. The molecule has 2 saturated heterocycles. The number of anilines is 1. The van der Waals surface area contributed by atoms with Crippen molar-refractivity contribution in [1.82, 2.24) is 15.1 Å². The molecule has 2 bridgehead atoms. The van der Waals surface area contributed by atoms with Crippen LogP contribution in [0.2, 0.25) is 0 Å². The van der Waals surface area contributed by atoms with Gasteiger partial charge in [0.2, 0.25) is 0 Å². The molecule has 0 amide bonds. The molecule has 2 aliphatic heterocycles. The Balaban J connectivity index is 1.44. The zero-order valence-corrected chi connectivity index (χ0v) is 16.4. The topological polar surface area (TPSA) is 44.0 Å². The molecule has 1 aromatic heterocycles. The minimum atomic E-state index is 0.528. The molecule has 142 valence electrons. The molecular weight excluding hydrogens is 332 g/mol. The van der Waals surface area contributed by atoms with Crippen LogP contribution >= 0.6 is 0 Å². The van der Waals surface area contributed by atoms with Crippen LogP contribution in [0.1, 0.15) is 33.1 Å². The van der Waals surface area contributed by atoms with Crippen LogP contribution in [0.5, 0.6) is 0 Å². The lowest BCUT2D eigenvalue weighted by Gasteiger charge is -2.50. The number of allylic oxidation sites excluding steroid dienone is 4. The van der Waals surface area contributed by atoms with E-state index in [0.717, 1.165) is 23.6 Å². The number of nitrogens with one attached hydrogen (secondary N) is 2. The highest BCUT2D eigenvalue weighted by molar-refractivity contribution is 5.81. The first-order chi connectivity index (χ1) is 13.1. The van der Waals surface area contributed by atoms with Crippen LogP contribution in [0.4, 0.5) is 5.69 Å². The highest BCUT2D eigenvalue weighted by Crippen LogP contribution is 2.37. The molecule has 5 rings (SSSR count). The smallest absolute Gasteiger partial charge is 0.0651 e. The quantitative estimate of drug-likeness (QED) is 0.718. The van der Waals surface area contributed by atoms with Crippen molar-refractivity contribution in [3.8, 4) is 0 Å². The first-order valence-corrected chi connectivity index (χ1v) is 10.0. The van der Waals surface area contributed by atoms with Gasteiger partial charge in [0.1, 0.15) is 0 Å². The van der Waals surface area contributed by atoms with Gasteiger partial charge in [0.05, 0.1) is 11.7 Å². The molecule has 1 aliphatic carbocycles. The average Bonchev–Trinajstić information content (AvgIpc) is 3.09. The van der Waals surface area contributed by atoms with Gasteiger partial charge in [0.15, 0.2) is 0 Å². The summed E-state index contributed by atoms with van der Waals surface area (Å²) in [6, 6.07) is 7.63. The van der Waals surface area contributed by atoms with Crippen molar-refractivity contribution in [2.24, 2.45) is 5.92 Å². The standard InChI is InChI=1S/C23H30N4/c1-16(2)5-4-6-17(3)14-27-15-18-7-10-23(27)22(11-18)25-20-8-9-21-19(12-20)13-24-26-21/h4-6,8-9,12-13,18,22-23,25H,1,7,10-11,14-15H2,2-3H3,(H,24,26). The van der Waals surface area contributed by atoms with Gasteiger partial charge in [-0.25, -0.2) is 0 Å². The number of hydrogen-bond donors (Lipinski definition) is 2.